The molecular formula is C18H24N2O. The highest BCUT2D eigenvalue weighted by atomic mass is 16.5. The molecule has 0 saturated carbocycles. The number of aromatic nitrogens is 1. The lowest BCUT2D eigenvalue weighted by Crippen LogP contribution is -2.08. The summed E-state index contributed by atoms with van der Waals surface area (Å²) in [6, 6.07) is 12.3. The van der Waals surface area contributed by atoms with Gasteiger partial charge in [-0.05, 0) is 43.7 Å². The minimum atomic E-state index is 0.505. The molecule has 0 atom stereocenters. The number of ether oxygens (including phenoxy) is 1. The maximum absolute atomic E-state index is 5.92. The monoisotopic (exact) mass is 284 g/mol. The van der Waals surface area contributed by atoms with Crippen LogP contribution in [-0.4, -0.2) is 18.6 Å². The topological polar surface area (TPSA) is 34.1 Å². The van der Waals surface area contributed by atoms with Gasteiger partial charge >= 0.3 is 0 Å². The van der Waals surface area contributed by atoms with Crippen LogP contribution in [0, 0.1) is 12.8 Å². The highest BCUT2D eigenvalue weighted by Crippen LogP contribution is 2.29. The second kappa shape index (κ2) is 7.23. The summed E-state index contributed by atoms with van der Waals surface area (Å²) in [5.41, 5.74) is 4.30. The van der Waals surface area contributed by atoms with Crippen LogP contribution in [0.2, 0.25) is 0 Å². The van der Waals surface area contributed by atoms with E-state index in [-0.39, 0.29) is 0 Å². The Bertz CT molecular complexity index is 594. The fourth-order valence-corrected chi connectivity index (χ4v) is 2.18. The molecule has 0 spiro atoms. The molecule has 1 aromatic heterocycles. The molecule has 2 aromatic rings. The molecule has 0 bridgehead atoms. The number of pyridine rings is 1. The summed E-state index contributed by atoms with van der Waals surface area (Å²) in [5, 5.41) is 3.16. The third-order valence-corrected chi connectivity index (χ3v) is 3.30. The number of benzene rings is 1. The molecule has 1 N–H and O–H groups in total. The molecule has 0 saturated heterocycles. The summed E-state index contributed by atoms with van der Waals surface area (Å²) in [5.74, 6) is 1.41. The van der Waals surface area contributed by atoms with E-state index in [1.54, 1.807) is 0 Å². The van der Waals surface area contributed by atoms with E-state index in [9.17, 15) is 0 Å². The predicted molar refractivity (Wildman–Crippen MR) is 87.5 cm³/mol. The second-order valence-electron chi connectivity index (χ2n) is 5.67. The van der Waals surface area contributed by atoms with Crippen LogP contribution in [0.15, 0.2) is 36.4 Å². The van der Waals surface area contributed by atoms with E-state index < -0.39 is 0 Å². The number of hydrogen-bond acceptors (Lipinski definition) is 3. The lowest BCUT2D eigenvalue weighted by Gasteiger charge is -2.14. The molecule has 0 unspecified atom stereocenters. The first-order chi connectivity index (χ1) is 10.1. The van der Waals surface area contributed by atoms with Crippen LogP contribution >= 0.6 is 0 Å². The molecule has 0 amide bonds. The smallest absolute Gasteiger partial charge is 0.128 e. The van der Waals surface area contributed by atoms with Crippen LogP contribution in [0.5, 0.6) is 5.75 Å². The fourth-order valence-electron chi connectivity index (χ4n) is 2.18. The third kappa shape index (κ3) is 4.05. The molecule has 0 aliphatic carbocycles. The van der Waals surface area contributed by atoms with Crippen LogP contribution in [0.3, 0.4) is 0 Å². The summed E-state index contributed by atoms with van der Waals surface area (Å²) in [6.45, 7) is 7.90. The molecule has 2 rings (SSSR count). The Morgan fingerprint density at radius 2 is 1.90 bits per heavy atom. The first-order valence-electron chi connectivity index (χ1n) is 7.45. The molecule has 0 radical (unpaired) electrons. The second-order valence-corrected chi connectivity index (χ2v) is 5.67. The van der Waals surface area contributed by atoms with Gasteiger partial charge in [0.1, 0.15) is 5.75 Å². The zero-order valence-corrected chi connectivity index (χ0v) is 13.3. The molecule has 1 aromatic carbocycles. The lowest BCUT2D eigenvalue weighted by atomic mass is 10.1. The predicted octanol–water partition coefficient (Wildman–Crippen LogP) is 3.81. The van der Waals surface area contributed by atoms with Gasteiger partial charge in [0.05, 0.1) is 12.3 Å². The van der Waals surface area contributed by atoms with Crippen molar-refractivity contribution >= 4 is 0 Å². The highest BCUT2D eigenvalue weighted by Gasteiger charge is 2.09. The summed E-state index contributed by atoms with van der Waals surface area (Å²) < 4.78 is 5.92. The molecule has 3 nitrogen and oxygen atoms in total. The average Bonchev–Trinajstić information content (AvgIpc) is 2.48. The molecule has 0 aliphatic heterocycles. The number of nitrogens with one attached hydrogen (secondary N) is 1. The van der Waals surface area contributed by atoms with Crippen LogP contribution in [0.4, 0.5) is 0 Å². The molecule has 112 valence electrons. The van der Waals surface area contributed by atoms with Crippen molar-refractivity contribution in [3.05, 3.63) is 47.7 Å². The van der Waals surface area contributed by atoms with Crippen LogP contribution in [0.25, 0.3) is 11.3 Å². The summed E-state index contributed by atoms with van der Waals surface area (Å²) in [6.07, 6.45) is 0. The quantitative estimate of drug-likeness (QED) is 0.876. The minimum absolute atomic E-state index is 0.505. The van der Waals surface area contributed by atoms with Crippen LogP contribution in [0.1, 0.15) is 25.1 Å². The van der Waals surface area contributed by atoms with E-state index in [1.807, 2.05) is 32.2 Å². The van der Waals surface area contributed by atoms with E-state index in [1.165, 1.54) is 5.56 Å². The minimum Gasteiger partial charge on any atom is -0.493 e. The largest absolute Gasteiger partial charge is 0.493 e. The van der Waals surface area contributed by atoms with E-state index in [4.69, 9.17) is 9.72 Å². The van der Waals surface area contributed by atoms with E-state index in [0.717, 1.165) is 29.2 Å². The Labute approximate surface area is 127 Å². The number of para-hydroxylation sites is 1. The van der Waals surface area contributed by atoms with Gasteiger partial charge in [-0.3, -0.25) is 4.98 Å². The van der Waals surface area contributed by atoms with Crippen molar-refractivity contribution < 1.29 is 4.74 Å². The molecule has 0 fully saturated rings. The Hall–Kier alpha value is -1.87. The molecule has 1 heterocycles. The van der Waals surface area contributed by atoms with Crippen molar-refractivity contribution in [1.82, 2.24) is 10.3 Å². The lowest BCUT2D eigenvalue weighted by molar-refractivity contribution is 0.272. The highest BCUT2D eigenvalue weighted by molar-refractivity contribution is 5.67. The molecule has 21 heavy (non-hydrogen) atoms. The van der Waals surface area contributed by atoms with Gasteiger partial charge in [0.2, 0.25) is 0 Å². The van der Waals surface area contributed by atoms with Gasteiger partial charge in [-0.25, -0.2) is 0 Å². The van der Waals surface area contributed by atoms with E-state index in [0.29, 0.717) is 12.5 Å². The van der Waals surface area contributed by atoms with Crippen LogP contribution < -0.4 is 10.1 Å². The van der Waals surface area contributed by atoms with Gasteiger partial charge in [0.25, 0.3) is 0 Å². The zero-order valence-electron chi connectivity index (χ0n) is 13.3. The normalized spacial score (nSPS) is 10.9. The molecular weight excluding hydrogens is 260 g/mol. The Kier molecular flexibility index (Phi) is 5.34. The number of rotatable bonds is 6. The van der Waals surface area contributed by atoms with Gasteiger partial charge in [0, 0.05) is 17.8 Å². The third-order valence-electron chi connectivity index (χ3n) is 3.30. The maximum atomic E-state index is 5.92. The average molecular weight is 284 g/mol. The van der Waals surface area contributed by atoms with Crippen molar-refractivity contribution in [3.8, 4) is 17.0 Å². The Morgan fingerprint density at radius 3 is 2.57 bits per heavy atom. The van der Waals surface area contributed by atoms with Crippen molar-refractivity contribution in [3.63, 3.8) is 0 Å². The van der Waals surface area contributed by atoms with Crippen molar-refractivity contribution in [2.45, 2.75) is 27.3 Å². The first kappa shape index (κ1) is 15.5. The number of nitrogens with zero attached hydrogens (tertiary/aromatic N) is 1. The number of aryl methyl sites for hydroxylation is 1. The Balaban J connectivity index is 2.31. The summed E-state index contributed by atoms with van der Waals surface area (Å²) in [7, 11) is 1.95. The standard InChI is InChI=1S/C18H24N2O/c1-13(2)12-21-18-8-6-5-7-16(18)17-10-9-15(11-19-4)14(3)20-17/h5-10,13,19H,11-12H2,1-4H3. The van der Waals surface area contributed by atoms with Gasteiger partial charge in [-0.1, -0.05) is 32.0 Å². The van der Waals surface area contributed by atoms with E-state index in [2.05, 4.69) is 37.4 Å². The summed E-state index contributed by atoms with van der Waals surface area (Å²) in [4.78, 5) is 4.73. The van der Waals surface area contributed by atoms with E-state index >= 15 is 0 Å². The van der Waals surface area contributed by atoms with Crippen molar-refractivity contribution in [2.75, 3.05) is 13.7 Å². The van der Waals surface area contributed by atoms with Gasteiger partial charge in [-0.2, -0.15) is 0 Å². The summed E-state index contributed by atoms with van der Waals surface area (Å²) >= 11 is 0. The molecule has 0 aliphatic rings. The number of hydrogen-bond donors (Lipinski definition) is 1. The SMILES string of the molecule is CNCc1ccc(-c2ccccc2OCC(C)C)nc1C. The maximum Gasteiger partial charge on any atom is 0.128 e. The van der Waals surface area contributed by atoms with Gasteiger partial charge in [-0.15, -0.1) is 0 Å². The zero-order chi connectivity index (χ0) is 15.2. The van der Waals surface area contributed by atoms with Gasteiger partial charge < -0.3 is 10.1 Å². The van der Waals surface area contributed by atoms with Crippen molar-refractivity contribution in [1.29, 1.82) is 0 Å². The fraction of sp³-hybridized carbons (Fsp3) is 0.389. The van der Waals surface area contributed by atoms with Gasteiger partial charge in [0.15, 0.2) is 0 Å². The Morgan fingerprint density at radius 1 is 1.14 bits per heavy atom. The van der Waals surface area contributed by atoms with Crippen LogP contribution in [-0.2, 0) is 6.54 Å². The van der Waals surface area contributed by atoms with Crippen molar-refractivity contribution in [2.24, 2.45) is 5.92 Å². The first-order valence-corrected chi connectivity index (χ1v) is 7.45. The molecule has 3 heteroatoms.